The Labute approximate surface area is 121 Å². The Hall–Kier alpha value is 0.620. The van der Waals surface area contributed by atoms with Crippen LogP contribution in [0.4, 0.5) is 0 Å². The second-order valence-corrected chi connectivity index (χ2v) is 7.42. The number of hydrogen-bond acceptors (Lipinski definition) is 4. The van der Waals surface area contributed by atoms with Crippen molar-refractivity contribution in [3.8, 4) is 0 Å². The summed E-state index contributed by atoms with van der Waals surface area (Å²) in [6.07, 6.45) is 3.59. The molecule has 0 aromatic carbocycles. The van der Waals surface area contributed by atoms with Gasteiger partial charge < -0.3 is 10.1 Å². The van der Waals surface area contributed by atoms with Gasteiger partial charge in [0.1, 0.15) is 0 Å². The Kier molecular flexibility index (Phi) is 9.65. The molecule has 1 N–H and O–H groups in total. The summed E-state index contributed by atoms with van der Waals surface area (Å²) in [5.41, 5.74) is 0. The first-order valence-corrected chi connectivity index (χ1v) is 9.47. The van der Waals surface area contributed by atoms with Gasteiger partial charge in [0.25, 0.3) is 0 Å². The van der Waals surface area contributed by atoms with E-state index in [0.717, 1.165) is 36.7 Å². The molecular formula is C14H29NOS2. The van der Waals surface area contributed by atoms with Crippen molar-refractivity contribution in [2.75, 3.05) is 31.3 Å². The maximum Gasteiger partial charge on any atom is 0.0630 e. The third kappa shape index (κ3) is 5.72. The van der Waals surface area contributed by atoms with Gasteiger partial charge in [0.2, 0.25) is 0 Å². The first-order valence-electron chi connectivity index (χ1n) is 7.37. The van der Waals surface area contributed by atoms with E-state index in [0.29, 0.717) is 6.04 Å². The molecule has 0 aliphatic carbocycles. The maximum atomic E-state index is 5.80. The quantitative estimate of drug-likeness (QED) is 0.657. The van der Waals surface area contributed by atoms with E-state index in [9.17, 15) is 0 Å². The van der Waals surface area contributed by atoms with Gasteiger partial charge >= 0.3 is 0 Å². The van der Waals surface area contributed by atoms with Gasteiger partial charge in [-0.05, 0) is 25.8 Å². The van der Waals surface area contributed by atoms with Gasteiger partial charge in [-0.2, -0.15) is 23.5 Å². The summed E-state index contributed by atoms with van der Waals surface area (Å²) in [4.78, 5) is 0. The Morgan fingerprint density at radius 2 is 1.94 bits per heavy atom. The second kappa shape index (κ2) is 10.4. The number of hydrogen-bond donors (Lipinski definition) is 1. The highest BCUT2D eigenvalue weighted by molar-refractivity contribution is 8.07. The summed E-state index contributed by atoms with van der Waals surface area (Å²) in [5, 5.41) is 5.22. The highest BCUT2D eigenvalue weighted by Crippen LogP contribution is 2.35. The third-order valence-corrected chi connectivity index (χ3v) is 6.60. The lowest BCUT2D eigenvalue weighted by Gasteiger charge is -2.36. The van der Waals surface area contributed by atoms with E-state index in [1.807, 2.05) is 0 Å². The monoisotopic (exact) mass is 291 g/mol. The summed E-state index contributed by atoms with van der Waals surface area (Å²) in [6, 6.07) is 0.527. The number of rotatable bonds is 9. The fourth-order valence-corrected chi connectivity index (χ4v) is 5.51. The van der Waals surface area contributed by atoms with Crippen molar-refractivity contribution in [1.29, 1.82) is 0 Å². The minimum Gasteiger partial charge on any atom is -0.380 e. The van der Waals surface area contributed by atoms with Crippen LogP contribution in [0.2, 0.25) is 0 Å². The summed E-state index contributed by atoms with van der Waals surface area (Å²) in [5.74, 6) is 2.61. The zero-order valence-corrected chi connectivity index (χ0v) is 13.7. The predicted octanol–water partition coefficient (Wildman–Crippen LogP) is 3.41. The van der Waals surface area contributed by atoms with Gasteiger partial charge in [-0.3, -0.25) is 0 Å². The molecule has 3 atom stereocenters. The van der Waals surface area contributed by atoms with Crippen LogP contribution in [0, 0.1) is 0 Å². The van der Waals surface area contributed by atoms with Gasteiger partial charge in [0.05, 0.1) is 6.61 Å². The van der Waals surface area contributed by atoms with E-state index < -0.39 is 0 Å². The highest BCUT2D eigenvalue weighted by Gasteiger charge is 2.31. The van der Waals surface area contributed by atoms with Crippen molar-refractivity contribution in [3.63, 3.8) is 0 Å². The normalized spacial score (nSPS) is 26.2. The van der Waals surface area contributed by atoms with Gasteiger partial charge in [-0.1, -0.05) is 20.8 Å². The Balaban J connectivity index is 2.48. The van der Waals surface area contributed by atoms with Crippen LogP contribution < -0.4 is 5.32 Å². The molecule has 0 bridgehead atoms. The minimum absolute atomic E-state index is 0.527. The summed E-state index contributed by atoms with van der Waals surface area (Å²) in [6.45, 7) is 9.61. The van der Waals surface area contributed by atoms with Gasteiger partial charge in [-0.15, -0.1) is 0 Å². The van der Waals surface area contributed by atoms with Crippen LogP contribution in [0.3, 0.4) is 0 Å². The maximum absolute atomic E-state index is 5.80. The summed E-state index contributed by atoms with van der Waals surface area (Å²) < 4.78 is 5.80. The van der Waals surface area contributed by atoms with Gasteiger partial charge in [0, 0.05) is 34.7 Å². The minimum atomic E-state index is 0.527. The molecule has 0 radical (unpaired) electrons. The molecule has 108 valence electrons. The molecule has 0 spiro atoms. The van der Waals surface area contributed by atoms with Crippen molar-refractivity contribution in [3.05, 3.63) is 0 Å². The van der Waals surface area contributed by atoms with Crippen molar-refractivity contribution in [2.45, 2.75) is 56.6 Å². The molecule has 0 saturated carbocycles. The fraction of sp³-hybridized carbons (Fsp3) is 1.00. The van der Waals surface area contributed by atoms with Crippen molar-refractivity contribution in [1.82, 2.24) is 5.32 Å². The third-order valence-electron chi connectivity index (χ3n) is 3.19. The van der Waals surface area contributed by atoms with Crippen molar-refractivity contribution < 1.29 is 4.74 Å². The van der Waals surface area contributed by atoms with E-state index in [1.165, 1.54) is 24.3 Å². The van der Waals surface area contributed by atoms with Gasteiger partial charge in [-0.25, -0.2) is 0 Å². The molecular weight excluding hydrogens is 262 g/mol. The zero-order chi connectivity index (χ0) is 13.2. The average Bonchev–Trinajstić information content (AvgIpc) is 2.42. The van der Waals surface area contributed by atoms with E-state index in [-0.39, 0.29) is 0 Å². The Morgan fingerprint density at radius 1 is 1.17 bits per heavy atom. The molecule has 0 aromatic rings. The highest BCUT2D eigenvalue weighted by atomic mass is 32.2. The van der Waals surface area contributed by atoms with Crippen molar-refractivity contribution >= 4 is 23.5 Å². The molecule has 0 aromatic heterocycles. The lowest BCUT2D eigenvalue weighted by Crippen LogP contribution is -2.48. The van der Waals surface area contributed by atoms with E-state index in [2.05, 4.69) is 49.6 Å². The lowest BCUT2D eigenvalue weighted by molar-refractivity contribution is 0.110. The van der Waals surface area contributed by atoms with Crippen LogP contribution in [-0.2, 0) is 4.74 Å². The topological polar surface area (TPSA) is 21.3 Å². The second-order valence-electron chi connectivity index (χ2n) is 4.79. The molecule has 2 nitrogen and oxygen atoms in total. The molecule has 1 aliphatic heterocycles. The molecule has 4 heteroatoms. The van der Waals surface area contributed by atoms with Crippen LogP contribution in [0.5, 0.6) is 0 Å². The van der Waals surface area contributed by atoms with Crippen LogP contribution in [-0.4, -0.2) is 47.8 Å². The van der Waals surface area contributed by atoms with Gasteiger partial charge in [0.15, 0.2) is 0 Å². The predicted molar refractivity (Wildman–Crippen MR) is 86.0 cm³/mol. The van der Waals surface area contributed by atoms with E-state index in [4.69, 9.17) is 4.74 Å². The Morgan fingerprint density at radius 3 is 2.61 bits per heavy atom. The standard InChI is InChI=1S/C14H29NOS2/c1-4-7-15-12(11-16-8-5-2)14-13(6-3)17-9-10-18-14/h12-15H,4-11H2,1-3H3. The molecule has 1 rings (SSSR count). The summed E-state index contributed by atoms with van der Waals surface area (Å²) in [7, 11) is 0. The van der Waals surface area contributed by atoms with E-state index in [1.54, 1.807) is 0 Å². The molecule has 0 amide bonds. The number of ether oxygens (including phenoxy) is 1. The number of thioether (sulfide) groups is 2. The fourth-order valence-electron chi connectivity index (χ4n) is 2.27. The van der Waals surface area contributed by atoms with Crippen molar-refractivity contribution in [2.24, 2.45) is 0 Å². The number of nitrogens with one attached hydrogen (secondary N) is 1. The SMILES string of the molecule is CCCNC(COCCC)C1SCCSC1CC. The van der Waals surface area contributed by atoms with Crippen LogP contribution in [0.15, 0.2) is 0 Å². The molecule has 1 saturated heterocycles. The molecule has 18 heavy (non-hydrogen) atoms. The van der Waals surface area contributed by atoms with Crippen LogP contribution in [0.1, 0.15) is 40.0 Å². The molecule has 1 heterocycles. The first-order chi connectivity index (χ1) is 8.83. The molecule has 3 unspecified atom stereocenters. The molecule has 1 aliphatic rings. The smallest absolute Gasteiger partial charge is 0.0630 e. The average molecular weight is 292 g/mol. The van der Waals surface area contributed by atoms with Crippen LogP contribution in [0.25, 0.3) is 0 Å². The van der Waals surface area contributed by atoms with Crippen LogP contribution >= 0.6 is 23.5 Å². The molecule has 1 fully saturated rings. The lowest BCUT2D eigenvalue weighted by atomic mass is 10.1. The largest absolute Gasteiger partial charge is 0.380 e. The Bertz CT molecular complexity index is 204. The van der Waals surface area contributed by atoms with E-state index >= 15 is 0 Å². The first kappa shape index (κ1) is 16.7. The summed E-state index contributed by atoms with van der Waals surface area (Å²) >= 11 is 4.31. The zero-order valence-electron chi connectivity index (χ0n) is 12.1.